The number of hydrogen-bond donors (Lipinski definition) is 3. The number of ether oxygens (including phenoxy) is 2. The van der Waals surface area contributed by atoms with Gasteiger partial charge >= 0.3 is 6.09 Å². The lowest BCUT2D eigenvalue weighted by Crippen LogP contribution is -2.52. The summed E-state index contributed by atoms with van der Waals surface area (Å²) in [5.41, 5.74) is 0.279. The summed E-state index contributed by atoms with van der Waals surface area (Å²) in [6.45, 7) is 7.45. The molecule has 1 aliphatic heterocycles. The van der Waals surface area contributed by atoms with E-state index in [-0.39, 0.29) is 29.4 Å². The predicted molar refractivity (Wildman–Crippen MR) is 182 cm³/mol. The summed E-state index contributed by atoms with van der Waals surface area (Å²) in [5.74, 6) is 2.08. The Kier molecular flexibility index (Phi) is 11.1. The van der Waals surface area contributed by atoms with Gasteiger partial charge in [-0.25, -0.2) is 18.2 Å². The monoisotopic (exact) mass is 668 g/mol. The first-order chi connectivity index (χ1) is 22.4. The Hall–Kier alpha value is -3.71. The molecule has 1 atom stereocenters. The van der Waals surface area contributed by atoms with Crippen LogP contribution in [0.5, 0.6) is 5.75 Å². The zero-order valence-corrected chi connectivity index (χ0v) is 28.6. The molecule has 5 rings (SSSR count). The molecule has 12 nitrogen and oxygen atoms in total. The van der Waals surface area contributed by atoms with Crippen LogP contribution in [0.1, 0.15) is 65.7 Å². The number of nitrogens with zero attached hydrogens (tertiary/aromatic N) is 3. The number of hydrogen-bond acceptors (Lipinski definition) is 10. The molecule has 1 aliphatic carbocycles. The molecular weight excluding hydrogens is 620 g/mol. The molecule has 2 aliphatic rings. The average molecular weight is 669 g/mol. The molecule has 256 valence electrons. The summed E-state index contributed by atoms with van der Waals surface area (Å²) in [6.07, 6.45) is 9.49. The number of piperidine rings is 1. The van der Waals surface area contributed by atoms with E-state index in [0.29, 0.717) is 30.5 Å². The summed E-state index contributed by atoms with van der Waals surface area (Å²) >= 11 is 0. The van der Waals surface area contributed by atoms with Crippen molar-refractivity contribution in [3.8, 4) is 11.6 Å². The Bertz CT molecular complexity index is 1640. The van der Waals surface area contributed by atoms with Gasteiger partial charge in [0.25, 0.3) is 0 Å². The van der Waals surface area contributed by atoms with E-state index in [1.54, 1.807) is 6.20 Å². The highest BCUT2D eigenvalue weighted by Crippen LogP contribution is 2.31. The van der Waals surface area contributed by atoms with E-state index in [9.17, 15) is 18.0 Å². The zero-order valence-electron chi connectivity index (χ0n) is 27.8. The number of amides is 1. The fourth-order valence-electron chi connectivity index (χ4n) is 6.51. The summed E-state index contributed by atoms with van der Waals surface area (Å²) in [7, 11) is -3.03. The van der Waals surface area contributed by atoms with E-state index in [1.807, 2.05) is 61.9 Å². The standard InChI is InChI=1S/C34H48N6O6S/c1-34(2,3)46-33(42)39-30(23-13-17-35-18-14-23)31(41)24-9-11-25(12-10-24)37-32-36-19-15-29(38-32)40-20-16-26-27(40)7-5-8-28(26)45-21-6-22-47(4,43)44/h5,7-8,15-16,19-20,23-25,30,35H,6,9-14,17-18,21-22H2,1-4H3,(H,39,42)(H,36,37,38). The normalized spacial score (nSPS) is 20.0. The van der Waals surface area contributed by atoms with Crippen molar-refractivity contribution in [1.29, 1.82) is 0 Å². The van der Waals surface area contributed by atoms with E-state index in [2.05, 4.69) is 20.9 Å². The quantitative estimate of drug-likeness (QED) is 0.232. The molecule has 0 spiro atoms. The number of sulfone groups is 1. The lowest BCUT2D eigenvalue weighted by atomic mass is 9.77. The van der Waals surface area contributed by atoms with Gasteiger partial charge in [-0.3, -0.25) is 4.79 Å². The number of anilines is 1. The molecule has 3 N–H and O–H groups in total. The average Bonchev–Trinajstić information content (AvgIpc) is 3.46. The van der Waals surface area contributed by atoms with Crippen LogP contribution in [0, 0.1) is 11.8 Å². The molecule has 47 heavy (non-hydrogen) atoms. The molecule has 3 heterocycles. The molecule has 2 fully saturated rings. The van der Waals surface area contributed by atoms with Gasteiger partial charge in [0.05, 0.1) is 23.9 Å². The van der Waals surface area contributed by atoms with Crippen LogP contribution >= 0.6 is 0 Å². The number of alkyl carbamates (subject to hydrolysis) is 1. The van der Waals surface area contributed by atoms with Gasteiger partial charge in [0, 0.05) is 36.0 Å². The van der Waals surface area contributed by atoms with Gasteiger partial charge in [-0.1, -0.05) is 6.07 Å². The minimum Gasteiger partial charge on any atom is -0.493 e. The van der Waals surface area contributed by atoms with E-state index in [4.69, 9.17) is 14.5 Å². The first-order valence-electron chi connectivity index (χ1n) is 16.6. The number of rotatable bonds is 12. The summed E-state index contributed by atoms with van der Waals surface area (Å²) in [4.78, 5) is 35.8. The van der Waals surface area contributed by atoms with Crippen LogP contribution in [-0.2, 0) is 19.4 Å². The van der Waals surface area contributed by atoms with E-state index in [1.165, 1.54) is 6.26 Å². The van der Waals surface area contributed by atoms with Gasteiger partial charge in [0.15, 0.2) is 5.78 Å². The Balaban J connectivity index is 1.20. The third-order valence-electron chi connectivity index (χ3n) is 8.79. The zero-order chi connectivity index (χ0) is 33.6. The van der Waals surface area contributed by atoms with Crippen LogP contribution < -0.4 is 20.7 Å². The molecular formula is C34H48N6O6S. The van der Waals surface area contributed by atoms with Crippen molar-refractivity contribution < 1.29 is 27.5 Å². The smallest absolute Gasteiger partial charge is 0.408 e. The maximum absolute atomic E-state index is 13.8. The molecule has 1 amide bonds. The number of aromatic nitrogens is 3. The van der Waals surface area contributed by atoms with Crippen molar-refractivity contribution in [2.24, 2.45) is 11.8 Å². The number of fused-ring (bicyclic) bond motifs is 1. The topological polar surface area (TPSA) is 154 Å². The number of carbonyl (C=O) groups is 2. The maximum Gasteiger partial charge on any atom is 0.408 e. The summed E-state index contributed by atoms with van der Waals surface area (Å²) in [6, 6.07) is 9.16. The van der Waals surface area contributed by atoms with E-state index < -0.39 is 27.6 Å². The van der Waals surface area contributed by atoms with Gasteiger partial charge in [0.1, 0.15) is 27.0 Å². The lowest BCUT2D eigenvalue weighted by molar-refractivity contribution is -0.127. The predicted octanol–water partition coefficient (Wildman–Crippen LogP) is 4.67. The maximum atomic E-state index is 13.8. The molecule has 1 unspecified atom stereocenters. The largest absolute Gasteiger partial charge is 0.493 e. The third kappa shape index (κ3) is 9.66. The van der Waals surface area contributed by atoms with Crippen LogP contribution in [0.3, 0.4) is 0 Å². The second kappa shape index (κ2) is 15.0. The number of carbonyl (C=O) groups excluding carboxylic acids is 2. The minimum atomic E-state index is -3.03. The van der Waals surface area contributed by atoms with E-state index >= 15 is 0 Å². The highest BCUT2D eigenvalue weighted by Gasteiger charge is 2.37. The van der Waals surface area contributed by atoms with Crippen molar-refractivity contribution in [3.63, 3.8) is 0 Å². The van der Waals surface area contributed by atoms with Gasteiger partial charge in [-0.15, -0.1) is 0 Å². The molecule has 1 aromatic carbocycles. The number of benzene rings is 1. The number of nitrogens with one attached hydrogen (secondary N) is 3. The first kappa shape index (κ1) is 34.6. The fourth-order valence-corrected chi connectivity index (χ4v) is 7.16. The Morgan fingerprint density at radius 2 is 1.81 bits per heavy atom. The third-order valence-corrected chi connectivity index (χ3v) is 9.82. The highest BCUT2D eigenvalue weighted by molar-refractivity contribution is 7.90. The molecule has 0 radical (unpaired) electrons. The van der Waals surface area contributed by atoms with Gasteiger partial charge in [-0.2, -0.15) is 4.98 Å². The van der Waals surface area contributed by atoms with Crippen LogP contribution in [0.15, 0.2) is 42.7 Å². The van der Waals surface area contributed by atoms with Crippen molar-refractivity contribution in [1.82, 2.24) is 25.2 Å². The second-order valence-electron chi connectivity index (χ2n) is 13.8. The molecule has 2 aromatic heterocycles. The van der Waals surface area contributed by atoms with Crippen molar-refractivity contribution in [2.45, 2.75) is 83.4 Å². The van der Waals surface area contributed by atoms with Crippen molar-refractivity contribution >= 4 is 38.6 Å². The molecule has 0 bridgehead atoms. The van der Waals surface area contributed by atoms with E-state index in [0.717, 1.165) is 62.5 Å². The molecule has 1 saturated carbocycles. The summed E-state index contributed by atoms with van der Waals surface area (Å²) in [5, 5.41) is 10.7. The van der Waals surface area contributed by atoms with Crippen LogP contribution in [0.25, 0.3) is 16.7 Å². The Morgan fingerprint density at radius 1 is 1.06 bits per heavy atom. The molecule has 1 saturated heterocycles. The lowest BCUT2D eigenvalue weighted by Gasteiger charge is -2.35. The summed E-state index contributed by atoms with van der Waals surface area (Å²) < 4.78 is 36.3. The SMILES string of the molecule is CC(C)(C)OC(=O)NC(C(=O)C1CCC(Nc2nccc(-n3ccc4c(OCCCS(C)(=O)=O)cccc43)n2)CC1)C1CCNCC1. The number of Topliss-reactive ketones (excluding diaryl/α,β-unsaturated/α-hetero) is 1. The molecule has 3 aromatic rings. The second-order valence-corrected chi connectivity index (χ2v) is 16.0. The van der Waals surface area contributed by atoms with Crippen LogP contribution in [0.4, 0.5) is 10.7 Å². The fraction of sp³-hybridized carbons (Fsp3) is 0.588. The van der Waals surface area contributed by atoms with Gasteiger partial charge < -0.3 is 30.0 Å². The molecule has 13 heteroatoms. The van der Waals surface area contributed by atoms with Gasteiger partial charge in [-0.05, 0) is 109 Å². The Morgan fingerprint density at radius 3 is 2.51 bits per heavy atom. The first-order valence-corrected chi connectivity index (χ1v) is 18.7. The van der Waals surface area contributed by atoms with Crippen LogP contribution in [0.2, 0.25) is 0 Å². The number of ketones is 1. The Labute approximate surface area is 277 Å². The van der Waals surface area contributed by atoms with Gasteiger partial charge in [0.2, 0.25) is 5.95 Å². The van der Waals surface area contributed by atoms with Crippen LogP contribution in [-0.4, -0.2) is 84.2 Å². The minimum absolute atomic E-state index is 0.0862. The highest BCUT2D eigenvalue weighted by atomic mass is 32.2. The van der Waals surface area contributed by atoms with Crippen molar-refractivity contribution in [2.75, 3.05) is 37.0 Å². The van der Waals surface area contributed by atoms with Crippen molar-refractivity contribution in [3.05, 3.63) is 42.7 Å².